The summed E-state index contributed by atoms with van der Waals surface area (Å²) in [6.07, 6.45) is 1.29. The summed E-state index contributed by atoms with van der Waals surface area (Å²) in [4.78, 5) is 9.99. The summed E-state index contributed by atoms with van der Waals surface area (Å²) < 4.78 is 5.34. The number of nitrogens with zero attached hydrogens (tertiary/aromatic N) is 3. The number of rotatable bonds is 2. The largest absolute Gasteiger partial charge is 0.394 e. The fourth-order valence-electron chi connectivity index (χ4n) is 1.57. The molecule has 1 fully saturated rings. The smallest absolute Gasteiger partial charge is 0.134 e. The lowest BCUT2D eigenvalue weighted by Gasteiger charge is -2.32. The van der Waals surface area contributed by atoms with Gasteiger partial charge in [-0.2, -0.15) is 0 Å². The van der Waals surface area contributed by atoms with Gasteiger partial charge in [-0.15, -0.1) is 0 Å². The van der Waals surface area contributed by atoms with Crippen LogP contribution in [0.3, 0.4) is 0 Å². The van der Waals surface area contributed by atoms with Crippen LogP contribution in [0.15, 0.2) is 12.4 Å². The quantitative estimate of drug-likeness (QED) is 0.668. The van der Waals surface area contributed by atoms with Gasteiger partial charge in [0.2, 0.25) is 0 Å². The lowest BCUT2D eigenvalue weighted by Crippen LogP contribution is -2.44. The predicted molar refractivity (Wildman–Crippen MR) is 55.5 cm³/mol. The molecular formula is C9H14N4O2. The van der Waals surface area contributed by atoms with E-state index in [2.05, 4.69) is 9.97 Å². The minimum absolute atomic E-state index is 0.0249. The molecule has 1 aromatic rings. The number of nitrogen functional groups attached to an aromatic ring is 1. The van der Waals surface area contributed by atoms with Gasteiger partial charge in [0.25, 0.3) is 0 Å². The summed E-state index contributed by atoms with van der Waals surface area (Å²) in [5, 5.41) is 9.00. The van der Waals surface area contributed by atoms with E-state index in [0.29, 0.717) is 19.0 Å². The fourth-order valence-corrected chi connectivity index (χ4v) is 1.57. The monoisotopic (exact) mass is 210 g/mol. The molecule has 1 saturated heterocycles. The average molecular weight is 210 g/mol. The number of hydrogen-bond donors (Lipinski definition) is 2. The highest BCUT2D eigenvalue weighted by molar-refractivity contribution is 5.46. The summed E-state index contributed by atoms with van der Waals surface area (Å²) >= 11 is 0. The van der Waals surface area contributed by atoms with Crippen LogP contribution in [0, 0.1) is 0 Å². The van der Waals surface area contributed by atoms with Gasteiger partial charge in [-0.1, -0.05) is 0 Å². The van der Waals surface area contributed by atoms with E-state index in [1.54, 1.807) is 6.07 Å². The van der Waals surface area contributed by atoms with Crippen LogP contribution in [0.4, 0.5) is 11.6 Å². The molecule has 6 heteroatoms. The maximum Gasteiger partial charge on any atom is 0.134 e. The van der Waals surface area contributed by atoms with E-state index in [0.717, 1.165) is 12.4 Å². The van der Waals surface area contributed by atoms with Gasteiger partial charge in [0.15, 0.2) is 0 Å². The zero-order valence-corrected chi connectivity index (χ0v) is 8.33. The Morgan fingerprint density at radius 2 is 2.47 bits per heavy atom. The molecule has 0 unspecified atom stereocenters. The van der Waals surface area contributed by atoms with E-state index in [1.807, 2.05) is 4.90 Å². The third-order valence-electron chi connectivity index (χ3n) is 2.34. The Kier molecular flexibility index (Phi) is 2.98. The molecule has 1 aliphatic heterocycles. The van der Waals surface area contributed by atoms with Gasteiger partial charge in [-0.25, -0.2) is 9.97 Å². The zero-order valence-electron chi connectivity index (χ0n) is 8.33. The fraction of sp³-hybridized carbons (Fsp3) is 0.556. The molecule has 15 heavy (non-hydrogen) atoms. The van der Waals surface area contributed by atoms with Crippen LogP contribution in [0.2, 0.25) is 0 Å². The van der Waals surface area contributed by atoms with E-state index in [4.69, 9.17) is 15.6 Å². The molecule has 1 atom stereocenters. The highest BCUT2D eigenvalue weighted by Gasteiger charge is 2.20. The molecule has 0 aliphatic carbocycles. The van der Waals surface area contributed by atoms with Gasteiger partial charge in [0, 0.05) is 19.2 Å². The minimum Gasteiger partial charge on any atom is -0.394 e. The van der Waals surface area contributed by atoms with E-state index in [-0.39, 0.29) is 12.7 Å². The van der Waals surface area contributed by atoms with Gasteiger partial charge >= 0.3 is 0 Å². The van der Waals surface area contributed by atoms with E-state index in [1.165, 1.54) is 6.33 Å². The number of nitrogens with two attached hydrogens (primary N) is 1. The Morgan fingerprint density at radius 1 is 1.60 bits per heavy atom. The van der Waals surface area contributed by atoms with Crippen molar-refractivity contribution in [2.45, 2.75) is 6.10 Å². The number of aliphatic hydroxyl groups excluding tert-OH is 1. The molecule has 0 radical (unpaired) electrons. The molecule has 0 bridgehead atoms. The number of hydrogen-bond acceptors (Lipinski definition) is 6. The standard InChI is InChI=1S/C9H14N4O2/c10-8-3-9(12-6-11-8)13-1-2-15-7(4-13)5-14/h3,6-7,14H,1-2,4-5H2,(H2,10,11,12)/t7-/m1/s1. The second kappa shape index (κ2) is 4.41. The molecule has 1 aliphatic rings. The summed E-state index contributed by atoms with van der Waals surface area (Å²) in [6.45, 7) is 2.01. The van der Waals surface area contributed by atoms with Crippen molar-refractivity contribution in [3.63, 3.8) is 0 Å². The minimum atomic E-state index is -0.144. The van der Waals surface area contributed by atoms with Crippen molar-refractivity contribution >= 4 is 11.6 Å². The normalized spacial score (nSPS) is 21.7. The van der Waals surface area contributed by atoms with Crippen LogP contribution in [-0.2, 0) is 4.74 Å². The summed E-state index contributed by atoms with van der Waals surface area (Å²) in [6, 6.07) is 1.72. The van der Waals surface area contributed by atoms with Crippen molar-refractivity contribution in [2.75, 3.05) is 36.9 Å². The van der Waals surface area contributed by atoms with Gasteiger partial charge in [-0.05, 0) is 0 Å². The van der Waals surface area contributed by atoms with Crippen LogP contribution in [-0.4, -0.2) is 47.5 Å². The maximum absolute atomic E-state index is 9.00. The Balaban J connectivity index is 2.09. The number of morpholine rings is 1. The second-order valence-corrected chi connectivity index (χ2v) is 3.42. The Labute approximate surface area is 87.7 Å². The molecule has 0 amide bonds. The highest BCUT2D eigenvalue weighted by atomic mass is 16.5. The third-order valence-corrected chi connectivity index (χ3v) is 2.34. The van der Waals surface area contributed by atoms with Gasteiger partial charge in [0.1, 0.15) is 18.0 Å². The molecule has 0 saturated carbocycles. The van der Waals surface area contributed by atoms with Crippen molar-refractivity contribution in [1.29, 1.82) is 0 Å². The summed E-state index contributed by atoms with van der Waals surface area (Å²) in [5.41, 5.74) is 5.57. The molecule has 0 aromatic carbocycles. The van der Waals surface area contributed by atoms with Crippen molar-refractivity contribution in [3.05, 3.63) is 12.4 Å². The first-order valence-corrected chi connectivity index (χ1v) is 4.84. The van der Waals surface area contributed by atoms with Crippen LogP contribution in [0.25, 0.3) is 0 Å². The molecule has 2 rings (SSSR count). The molecule has 1 aromatic heterocycles. The molecular weight excluding hydrogens is 196 g/mol. The molecule has 2 heterocycles. The van der Waals surface area contributed by atoms with Gasteiger partial charge in [-0.3, -0.25) is 0 Å². The lowest BCUT2D eigenvalue weighted by molar-refractivity contribution is 0.00336. The molecule has 6 nitrogen and oxygen atoms in total. The third kappa shape index (κ3) is 2.34. The molecule has 0 spiro atoms. The number of aromatic nitrogens is 2. The highest BCUT2D eigenvalue weighted by Crippen LogP contribution is 2.15. The second-order valence-electron chi connectivity index (χ2n) is 3.42. The number of aliphatic hydroxyl groups is 1. The zero-order chi connectivity index (χ0) is 10.7. The van der Waals surface area contributed by atoms with Crippen molar-refractivity contribution in [1.82, 2.24) is 9.97 Å². The first-order valence-electron chi connectivity index (χ1n) is 4.84. The Morgan fingerprint density at radius 3 is 3.20 bits per heavy atom. The van der Waals surface area contributed by atoms with E-state index >= 15 is 0 Å². The number of ether oxygens (including phenoxy) is 1. The number of anilines is 2. The first kappa shape index (κ1) is 10.1. The Hall–Kier alpha value is -1.40. The van der Waals surface area contributed by atoms with E-state index < -0.39 is 0 Å². The molecule has 82 valence electrons. The van der Waals surface area contributed by atoms with Crippen molar-refractivity contribution in [2.24, 2.45) is 0 Å². The van der Waals surface area contributed by atoms with Crippen LogP contribution in [0.1, 0.15) is 0 Å². The van der Waals surface area contributed by atoms with Crippen molar-refractivity contribution in [3.8, 4) is 0 Å². The average Bonchev–Trinajstić information content (AvgIpc) is 2.29. The Bertz CT molecular complexity index is 334. The molecule has 3 N–H and O–H groups in total. The first-order chi connectivity index (χ1) is 7.29. The lowest BCUT2D eigenvalue weighted by atomic mass is 10.3. The summed E-state index contributed by atoms with van der Waals surface area (Å²) in [5.74, 6) is 1.23. The van der Waals surface area contributed by atoms with Crippen LogP contribution >= 0.6 is 0 Å². The van der Waals surface area contributed by atoms with Crippen LogP contribution < -0.4 is 10.6 Å². The summed E-state index contributed by atoms with van der Waals surface area (Å²) in [7, 11) is 0. The van der Waals surface area contributed by atoms with Gasteiger partial charge in [0.05, 0.1) is 19.3 Å². The van der Waals surface area contributed by atoms with Crippen molar-refractivity contribution < 1.29 is 9.84 Å². The maximum atomic E-state index is 9.00. The topological polar surface area (TPSA) is 84.5 Å². The van der Waals surface area contributed by atoms with E-state index in [9.17, 15) is 0 Å². The van der Waals surface area contributed by atoms with Gasteiger partial charge < -0.3 is 20.5 Å². The SMILES string of the molecule is Nc1cc(N2CCO[C@@H](CO)C2)ncn1. The predicted octanol–water partition coefficient (Wildman–Crippen LogP) is -0.744. The van der Waals surface area contributed by atoms with Crippen LogP contribution in [0.5, 0.6) is 0 Å².